The van der Waals surface area contributed by atoms with Crippen molar-refractivity contribution in [3.63, 3.8) is 0 Å². The molecular formula is C17H21N3O. The van der Waals surface area contributed by atoms with E-state index in [2.05, 4.69) is 17.2 Å². The van der Waals surface area contributed by atoms with Crippen molar-refractivity contribution in [2.75, 3.05) is 23.8 Å². The third-order valence-electron chi connectivity index (χ3n) is 3.37. The molecule has 0 fully saturated rings. The van der Waals surface area contributed by atoms with Crippen LogP contribution in [0, 0.1) is 6.92 Å². The number of carbonyl (C=O) groups is 1. The monoisotopic (exact) mass is 283 g/mol. The van der Waals surface area contributed by atoms with E-state index < -0.39 is 0 Å². The van der Waals surface area contributed by atoms with Gasteiger partial charge in [-0.2, -0.15) is 0 Å². The molecule has 0 unspecified atom stereocenters. The standard InChI is InChI=1S/C17H21N3O/c1-4-9-19-14-7-8-16(13(2)11-14)17(21)20(3)15-6-5-10-18-12-15/h5-8,10-12,19H,4,9H2,1-3H3. The van der Waals surface area contributed by atoms with E-state index in [9.17, 15) is 4.79 Å². The van der Waals surface area contributed by atoms with E-state index >= 15 is 0 Å². The summed E-state index contributed by atoms with van der Waals surface area (Å²) >= 11 is 0. The minimum Gasteiger partial charge on any atom is -0.385 e. The van der Waals surface area contributed by atoms with Crippen LogP contribution in [-0.4, -0.2) is 24.5 Å². The van der Waals surface area contributed by atoms with Gasteiger partial charge in [0.15, 0.2) is 0 Å². The molecule has 110 valence electrons. The summed E-state index contributed by atoms with van der Waals surface area (Å²) in [5.74, 6) is -0.0254. The molecule has 2 aromatic rings. The highest BCUT2D eigenvalue weighted by Gasteiger charge is 2.15. The second-order valence-electron chi connectivity index (χ2n) is 5.03. The van der Waals surface area contributed by atoms with E-state index in [1.54, 1.807) is 24.3 Å². The minimum absolute atomic E-state index is 0.0254. The smallest absolute Gasteiger partial charge is 0.258 e. The van der Waals surface area contributed by atoms with Gasteiger partial charge in [0.1, 0.15) is 0 Å². The number of nitrogens with one attached hydrogen (secondary N) is 1. The van der Waals surface area contributed by atoms with Crippen molar-refractivity contribution >= 4 is 17.3 Å². The molecular weight excluding hydrogens is 262 g/mol. The molecule has 0 aliphatic rings. The van der Waals surface area contributed by atoms with Crippen LogP contribution in [0.25, 0.3) is 0 Å². The summed E-state index contributed by atoms with van der Waals surface area (Å²) in [6, 6.07) is 9.54. The Morgan fingerprint density at radius 3 is 2.76 bits per heavy atom. The average molecular weight is 283 g/mol. The SMILES string of the molecule is CCCNc1ccc(C(=O)N(C)c2cccnc2)c(C)c1. The van der Waals surface area contributed by atoms with Crippen LogP contribution < -0.4 is 10.2 Å². The molecule has 21 heavy (non-hydrogen) atoms. The summed E-state index contributed by atoms with van der Waals surface area (Å²) in [5, 5.41) is 3.33. The van der Waals surface area contributed by atoms with Crippen molar-refractivity contribution in [1.82, 2.24) is 4.98 Å². The Morgan fingerprint density at radius 2 is 2.14 bits per heavy atom. The lowest BCUT2D eigenvalue weighted by atomic mass is 10.1. The van der Waals surface area contributed by atoms with Crippen LogP contribution in [0.3, 0.4) is 0 Å². The number of carbonyl (C=O) groups excluding carboxylic acids is 1. The van der Waals surface area contributed by atoms with Crippen LogP contribution in [0.2, 0.25) is 0 Å². The van der Waals surface area contributed by atoms with Crippen molar-refractivity contribution in [3.05, 3.63) is 53.9 Å². The van der Waals surface area contributed by atoms with Gasteiger partial charge in [0.2, 0.25) is 0 Å². The maximum Gasteiger partial charge on any atom is 0.258 e. The average Bonchev–Trinajstić information content (AvgIpc) is 2.52. The van der Waals surface area contributed by atoms with Crippen molar-refractivity contribution in [3.8, 4) is 0 Å². The van der Waals surface area contributed by atoms with E-state index in [4.69, 9.17) is 0 Å². The third kappa shape index (κ3) is 3.60. The number of rotatable bonds is 5. The van der Waals surface area contributed by atoms with Crippen LogP contribution in [0.5, 0.6) is 0 Å². The molecule has 1 amide bonds. The normalized spacial score (nSPS) is 10.2. The first-order valence-electron chi connectivity index (χ1n) is 7.16. The molecule has 2 rings (SSSR count). The quantitative estimate of drug-likeness (QED) is 0.913. The molecule has 0 bridgehead atoms. The van der Waals surface area contributed by atoms with Gasteiger partial charge in [-0.05, 0) is 49.2 Å². The number of benzene rings is 1. The van der Waals surface area contributed by atoms with Crippen molar-refractivity contribution in [2.45, 2.75) is 20.3 Å². The Morgan fingerprint density at radius 1 is 1.33 bits per heavy atom. The summed E-state index contributed by atoms with van der Waals surface area (Å²) in [7, 11) is 1.77. The second kappa shape index (κ2) is 6.88. The molecule has 0 aliphatic heterocycles. The molecule has 0 spiro atoms. The zero-order valence-corrected chi connectivity index (χ0v) is 12.8. The van der Waals surface area contributed by atoms with Crippen molar-refractivity contribution in [2.24, 2.45) is 0 Å². The number of pyridine rings is 1. The van der Waals surface area contributed by atoms with Crippen LogP contribution in [0.4, 0.5) is 11.4 Å². The van der Waals surface area contributed by atoms with E-state index in [0.717, 1.165) is 29.9 Å². The summed E-state index contributed by atoms with van der Waals surface area (Å²) in [5.41, 5.74) is 3.52. The van der Waals surface area contributed by atoms with Gasteiger partial charge in [-0.15, -0.1) is 0 Å². The molecule has 4 heteroatoms. The van der Waals surface area contributed by atoms with Crippen LogP contribution in [0.1, 0.15) is 29.3 Å². The molecule has 0 saturated heterocycles. The number of anilines is 2. The van der Waals surface area contributed by atoms with E-state index in [-0.39, 0.29) is 5.91 Å². The van der Waals surface area contributed by atoms with Crippen LogP contribution >= 0.6 is 0 Å². The van der Waals surface area contributed by atoms with E-state index in [1.165, 1.54) is 0 Å². The number of hydrogen-bond acceptors (Lipinski definition) is 3. The summed E-state index contributed by atoms with van der Waals surface area (Å²) in [6.45, 7) is 5.02. The Bertz CT molecular complexity index is 611. The van der Waals surface area contributed by atoms with Gasteiger partial charge in [-0.1, -0.05) is 6.92 Å². The first-order valence-corrected chi connectivity index (χ1v) is 7.16. The van der Waals surface area contributed by atoms with Crippen LogP contribution in [-0.2, 0) is 0 Å². The Balaban J connectivity index is 2.19. The predicted molar refractivity (Wildman–Crippen MR) is 86.9 cm³/mol. The topological polar surface area (TPSA) is 45.2 Å². The molecule has 1 aromatic heterocycles. The van der Waals surface area contributed by atoms with Gasteiger partial charge in [-0.3, -0.25) is 9.78 Å². The maximum absolute atomic E-state index is 12.6. The maximum atomic E-state index is 12.6. The minimum atomic E-state index is -0.0254. The highest BCUT2D eigenvalue weighted by atomic mass is 16.2. The lowest BCUT2D eigenvalue weighted by molar-refractivity contribution is 0.0992. The fourth-order valence-electron chi connectivity index (χ4n) is 2.13. The lowest BCUT2D eigenvalue weighted by Crippen LogP contribution is -2.27. The Labute approximate surface area is 125 Å². The van der Waals surface area contributed by atoms with Crippen molar-refractivity contribution < 1.29 is 4.79 Å². The second-order valence-corrected chi connectivity index (χ2v) is 5.03. The molecule has 1 aromatic carbocycles. The molecule has 1 heterocycles. The molecule has 0 radical (unpaired) electrons. The van der Waals surface area contributed by atoms with Crippen molar-refractivity contribution in [1.29, 1.82) is 0 Å². The van der Waals surface area contributed by atoms with E-state index in [1.807, 2.05) is 37.3 Å². The highest BCUT2D eigenvalue weighted by molar-refractivity contribution is 6.06. The van der Waals surface area contributed by atoms with E-state index in [0.29, 0.717) is 5.56 Å². The molecule has 1 N–H and O–H groups in total. The fraction of sp³-hybridized carbons (Fsp3) is 0.294. The van der Waals surface area contributed by atoms with Gasteiger partial charge in [0, 0.05) is 31.0 Å². The molecule has 0 aliphatic carbocycles. The van der Waals surface area contributed by atoms with Gasteiger partial charge < -0.3 is 10.2 Å². The third-order valence-corrected chi connectivity index (χ3v) is 3.37. The lowest BCUT2D eigenvalue weighted by Gasteiger charge is -2.18. The zero-order valence-electron chi connectivity index (χ0n) is 12.8. The summed E-state index contributed by atoms with van der Waals surface area (Å²) in [6.07, 6.45) is 4.45. The summed E-state index contributed by atoms with van der Waals surface area (Å²) < 4.78 is 0. The number of aryl methyl sites for hydroxylation is 1. The predicted octanol–water partition coefficient (Wildman–Crippen LogP) is 3.49. The largest absolute Gasteiger partial charge is 0.385 e. The first kappa shape index (κ1) is 15.0. The van der Waals surface area contributed by atoms with Gasteiger partial charge in [0.05, 0.1) is 11.9 Å². The van der Waals surface area contributed by atoms with Gasteiger partial charge >= 0.3 is 0 Å². The molecule has 4 nitrogen and oxygen atoms in total. The van der Waals surface area contributed by atoms with Gasteiger partial charge in [-0.25, -0.2) is 0 Å². The Hall–Kier alpha value is -2.36. The number of amides is 1. The summed E-state index contributed by atoms with van der Waals surface area (Å²) in [4.78, 5) is 18.2. The number of hydrogen-bond donors (Lipinski definition) is 1. The first-order chi connectivity index (χ1) is 10.1. The van der Waals surface area contributed by atoms with Gasteiger partial charge in [0.25, 0.3) is 5.91 Å². The Kier molecular flexibility index (Phi) is 4.93. The number of aromatic nitrogens is 1. The zero-order chi connectivity index (χ0) is 15.2. The molecule has 0 saturated carbocycles. The fourth-order valence-corrected chi connectivity index (χ4v) is 2.13. The van der Waals surface area contributed by atoms with Crippen LogP contribution in [0.15, 0.2) is 42.7 Å². The molecule has 0 atom stereocenters. The number of nitrogens with zero attached hydrogens (tertiary/aromatic N) is 2. The highest BCUT2D eigenvalue weighted by Crippen LogP contribution is 2.19.